The molecule has 60 valence electrons. The second kappa shape index (κ2) is 2.91. The number of halogens is 2. The van der Waals surface area contributed by atoms with E-state index in [1.165, 1.54) is 6.42 Å². The second-order valence-electron chi connectivity index (χ2n) is 3.60. The van der Waals surface area contributed by atoms with Crippen LogP contribution in [0.1, 0.15) is 33.1 Å². The molecular weight excluding hydrogens is 167 g/mol. The molecule has 10 heavy (non-hydrogen) atoms. The van der Waals surface area contributed by atoms with E-state index in [0.29, 0.717) is 0 Å². The fourth-order valence-corrected chi connectivity index (χ4v) is 2.17. The van der Waals surface area contributed by atoms with Crippen LogP contribution in [-0.2, 0) is 0 Å². The number of rotatable bonds is 1. The third kappa shape index (κ3) is 2.03. The Balaban J connectivity index is 2.43. The molecule has 0 heterocycles. The van der Waals surface area contributed by atoms with E-state index in [0.717, 1.165) is 24.7 Å². The van der Waals surface area contributed by atoms with Crippen molar-refractivity contribution in [3.05, 3.63) is 0 Å². The van der Waals surface area contributed by atoms with Crippen LogP contribution in [0.4, 0.5) is 0 Å². The largest absolute Gasteiger partial charge is 0.118 e. The van der Waals surface area contributed by atoms with Crippen LogP contribution >= 0.6 is 23.2 Å². The van der Waals surface area contributed by atoms with Crippen molar-refractivity contribution >= 4 is 23.2 Å². The predicted octanol–water partition coefficient (Wildman–Crippen LogP) is 3.62. The predicted molar refractivity (Wildman–Crippen MR) is 46.6 cm³/mol. The summed E-state index contributed by atoms with van der Waals surface area (Å²) >= 11 is 11.9. The second-order valence-corrected chi connectivity index (χ2v) is 5.24. The summed E-state index contributed by atoms with van der Waals surface area (Å²) < 4.78 is -0.408. The van der Waals surface area contributed by atoms with E-state index < -0.39 is 4.33 Å². The van der Waals surface area contributed by atoms with E-state index in [2.05, 4.69) is 13.8 Å². The molecule has 1 rings (SSSR count). The van der Waals surface area contributed by atoms with Gasteiger partial charge in [-0.2, -0.15) is 0 Å². The van der Waals surface area contributed by atoms with Crippen molar-refractivity contribution in [2.45, 2.75) is 37.4 Å². The third-order valence-electron chi connectivity index (χ3n) is 2.38. The van der Waals surface area contributed by atoms with Crippen molar-refractivity contribution in [3.63, 3.8) is 0 Å². The van der Waals surface area contributed by atoms with Crippen LogP contribution in [-0.4, -0.2) is 4.33 Å². The van der Waals surface area contributed by atoms with Crippen molar-refractivity contribution in [2.24, 2.45) is 11.8 Å². The molecule has 1 fully saturated rings. The minimum absolute atomic E-state index is 0.408. The van der Waals surface area contributed by atoms with Crippen LogP contribution in [0.3, 0.4) is 0 Å². The lowest BCUT2D eigenvalue weighted by Gasteiger charge is -2.15. The van der Waals surface area contributed by atoms with Gasteiger partial charge in [0.1, 0.15) is 4.33 Å². The lowest BCUT2D eigenvalue weighted by Crippen LogP contribution is -2.09. The van der Waals surface area contributed by atoms with Gasteiger partial charge in [-0.15, -0.1) is 23.2 Å². The Hall–Kier alpha value is 0.580. The summed E-state index contributed by atoms with van der Waals surface area (Å²) in [7, 11) is 0. The minimum Gasteiger partial charge on any atom is -0.102 e. The zero-order chi connectivity index (χ0) is 7.78. The molecule has 1 unspecified atom stereocenters. The van der Waals surface area contributed by atoms with Gasteiger partial charge in [-0.1, -0.05) is 13.8 Å². The fourth-order valence-electron chi connectivity index (χ4n) is 1.55. The van der Waals surface area contributed by atoms with Crippen LogP contribution < -0.4 is 0 Å². The molecular formula is C8H14Cl2. The van der Waals surface area contributed by atoms with Gasteiger partial charge >= 0.3 is 0 Å². The lowest BCUT2D eigenvalue weighted by atomic mass is 9.95. The molecule has 1 aliphatic carbocycles. The van der Waals surface area contributed by atoms with E-state index in [9.17, 15) is 0 Å². The maximum absolute atomic E-state index is 5.97. The summed E-state index contributed by atoms with van der Waals surface area (Å²) in [5.41, 5.74) is 0. The van der Waals surface area contributed by atoms with Crippen LogP contribution in [0.2, 0.25) is 0 Å². The number of hydrogen-bond donors (Lipinski definition) is 0. The molecule has 0 amide bonds. The van der Waals surface area contributed by atoms with Crippen molar-refractivity contribution in [1.29, 1.82) is 0 Å². The van der Waals surface area contributed by atoms with Crippen molar-refractivity contribution in [3.8, 4) is 0 Å². The molecule has 0 aromatic rings. The Kier molecular flexibility index (Phi) is 2.52. The fraction of sp³-hybridized carbons (Fsp3) is 1.00. The molecule has 0 radical (unpaired) electrons. The molecule has 0 aromatic carbocycles. The van der Waals surface area contributed by atoms with Crippen LogP contribution in [0, 0.1) is 11.8 Å². The number of hydrogen-bond acceptors (Lipinski definition) is 0. The van der Waals surface area contributed by atoms with Crippen molar-refractivity contribution in [1.82, 2.24) is 0 Å². The molecule has 0 nitrogen and oxygen atoms in total. The molecule has 1 aliphatic rings. The Morgan fingerprint density at radius 1 is 1.40 bits per heavy atom. The van der Waals surface area contributed by atoms with Crippen molar-refractivity contribution < 1.29 is 0 Å². The van der Waals surface area contributed by atoms with Gasteiger partial charge < -0.3 is 0 Å². The average Bonchev–Trinajstić information content (AvgIpc) is 2.10. The molecule has 0 aromatic heterocycles. The summed E-state index contributed by atoms with van der Waals surface area (Å²) in [4.78, 5) is 0. The van der Waals surface area contributed by atoms with E-state index >= 15 is 0 Å². The lowest BCUT2D eigenvalue weighted by molar-refractivity contribution is 0.394. The van der Waals surface area contributed by atoms with Crippen LogP contribution in [0.15, 0.2) is 0 Å². The van der Waals surface area contributed by atoms with Gasteiger partial charge in [0.25, 0.3) is 0 Å². The Bertz CT molecular complexity index is 118. The first-order chi connectivity index (χ1) is 4.51. The quantitative estimate of drug-likeness (QED) is 0.542. The smallest absolute Gasteiger partial charge is 0.102 e. The zero-order valence-electron chi connectivity index (χ0n) is 6.53. The summed E-state index contributed by atoms with van der Waals surface area (Å²) in [6, 6.07) is 0. The average molecular weight is 181 g/mol. The molecule has 0 aliphatic heterocycles. The van der Waals surface area contributed by atoms with Gasteiger partial charge in [0.2, 0.25) is 0 Å². The van der Waals surface area contributed by atoms with Crippen LogP contribution in [0.5, 0.6) is 0 Å². The summed E-state index contributed by atoms with van der Waals surface area (Å²) in [6.07, 6.45) is 3.15. The van der Waals surface area contributed by atoms with Gasteiger partial charge in [-0.25, -0.2) is 0 Å². The standard InChI is InChI=1S/C8H14Cl2/c1-6(2)7-3-4-8(9,10)5-7/h6-7H,3-5H2,1-2H3. The highest BCUT2D eigenvalue weighted by Crippen LogP contribution is 2.45. The molecule has 2 heteroatoms. The SMILES string of the molecule is CC(C)C1CCC(Cl)(Cl)C1. The van der Waals surface area contributed by atoms with Gasteiger partial charge in [0, 0.05) is 0 Å². The third-order valence-corrected chi connectivity index (χ3v) is 3.07. The van der Waals surface area contributed by atoms with E-state index in [1.54, 1.807) is 0 Å². The van der Waals surface area contributed by atoms with Crippen LogP contribution in [0.25, 0.3) is 0 Å². The van der Waals surface area contributed by atoms with Crippen molar-refractivity contribution in [2.75, 3.05) is 0 Å². The maximum Gasteiger partial charge on any atom is 0.118 e. The first-order valence-corrected chi connectivity index (χ1v) is 4.65. The number of alkyl halides is 2. The highest BCUT2D eigenvalue weighted by Gasteiger charge is 2.36. The molecule has 0 bridgehead atoms. The highest BCUT2D eigenvalue weighted by molar-refractivity contribution is 6.48. The monoisotopic (exact) mass is 180 g/mol. The Morgan fingerprint density at radius 2 is 2.00 bits per heavy atom. The van der Waals surface area contributed by atoms with E-state index in [4.69, 9.17) is 23.2 Å². The van der Waals surface area contributed by atoms with E-state index in [1.807, 2.05) is 0 Å². The molecule has 1 atom stereocenters. The zero-order valence-corrected chi connectivity index (χ0v) is 8.04. The molecule has 0 N–H and O–H groups in total. The summed E-state index contributed by atoms with van der Waals surface area (Å²) in [5.74, 6) is 1.48. The van der Waals surface area contributed by atoms with E-state index in [-0.39, 0.29) is 0 Å². The maximum atomic E-state index is 5.97. The Morgan fingerprint density at radius 3 is 2.20 bits per heavy atom. The summed E-state index contributed by atoms with van der Waals surface area (Å²) in [5, 5.41) is 0. The molecule has 0 saturated heterocycles. The first-order valence-electron chi connectivity index (χ1n) is 3.89. The first kappa shape index (κ1) is 8.67. The van der Waals surface area contributed by atoms with Gasteiger partial charge in [-0.3, -0.25) is 0 Å². The van der Waals surface area contributed by atoms with Gasteiger partial charge in [-0.05, 0) is 31.1 Å². The summed E-state index contributed by atoms with van der Waals surface area (Å²) in [6.45, 7) is 4.47. The molecule has 0 spiro atoms. The van der Waals surface area contributed by atoms with Gasteiger partial charge in [0.15, 0.2) is 0 Å². The highest BCUT2D eigenvalue weighted by atomic mass is 35.5. The topological polar surface area (TPSA) is 0 Å². The minimum atomic E-state index is -0.408. The van der Waals surface area contributed by atoms with Gasteiger partial charge in [0.05, 0.1) is 0 Å². The Labute approximate surface area is 72.9 Å². The molecule has 1 saturated carbocycles. The normalized spacial score (nSPS) is 31.5.